The second-order valence-electron chi connectivity index (χ2n) is 16.5. The number of nitrogens with zero attached hydrogens (tertiary/aromatic N) is 5. The summed E-state index contributed by atoms with van der Waals surface area (Å²) < 4.78 is 4.63. The van der Waals surface area contributed by atoms with E-state index in [4.69, 9.17) is 4.98 Å². The molecule has 1 aliphatic rings. The van der Waals surface area contributed by atoms with E-state index in [0.29, 0.717) is 19.1 Å². The molecule has 0 saturated carbocycles. The van der Waals surface area contributed by atoms with Gasteiger partial charge in [-0.2, -0.15) is 0 Å². The fourth-order valence-corrected chi connectivity index (χ4v) is 8.83. The van der Waals surface area contributed by atoms with Crippen LogP contribution in [-0.2, 0) is 39.3 Å². The molecule has 0 spiro atoms. The first-order chi connectivity index (χ1) is 30.4. The third-order valence-electron chi connectivity index (χ3n) is 12.1. The first-order valence-corrected chi connectivity index (χ1v) is 22.3. The molecule has 4 aromatic carbocycles. The average Bonchev–Trinajstić information content (AvgIpc) is 3.84. The van der Waals surface area contributed by atoms with Crippen molar-refractivity contribution in [1.82, 2.24) is 29.2 Å². The summed E-state index contributed by atoms with van der Waals surface area (Å²) in [5.41, 5.74) is 12.8. The normalized spacial score (nSPS) is 13.2. The van der Waals surface area contributed by atoms with Gasteiger partial charge in [-0.15, -0.1) is 0 Å². The maximum atomic E-state index is 5.01. The van der Waals surface area contributed by atoms with Crippen LogP contribution in [0.4, 0.5) is 11.4 Å². The minimum Gasteiger partial charge on any atom is -0.374 e. The molecular weight excluding hydrogens is 761 g/mol. The Morgan fingerprint density at radius 3 is 1.92 bits per heavy atom. The summed E-state index contributed by atoms with van der Waals surface area (Å²) in [6, 6.07) is 43.7. The SMILES string of the molecule is CCn1c(C#CCNc2ccc(C)nc2CN(C)C2CCN(Cc3ccc4c(c3)cc(C#CCNc3ccccc3)n4CC)CC2)cc2cc(CNCc3ccccc3)ccc21. The van der Waals surface area contributed by atoms with Crippen LogP contribution in [0.15, 0.2) is 121 Å². The number of aryl methyl sites for hydroxylation is 3. The Kier molecular flexibility index (Phi) is 14.0. The lowest BCUT2D eigenvalue weighted by molar-refractivity contribution is 0.118. The molecule has 0 bridgehead atoms. The van der Waals surface area contributed by atoms with E-state index < -0.39 is 0 Å². The third-order valence-corrected chi connectivity index (χ3v) is 12.1. The quantitative estimate of drug-likeness (QED) is 0.0897. The minimum atomic E-state index is 0.510. The molecule has 3 N–H and O–H groups in total. The van der Waals surface area contributed by atoms with Gasteiger partial charge in [-0.3, -0.25) is 14.8 Å². The lowest BCUT2D eigenvalue weighted by atomic mass is 10.0. The van der Waals surface area contributed by atoms with E-state index in [1.54, 1.807) is 0 Å². The molecule has 4 heterocycles. The lowest BCUT2D eigenvalue weighted by Crippen LogP contribution is -2.42. The monoisotopic (exact) mass is 820 g/mol. The topological polar surface area (TPSA) is 65.3 Å². The smallest absolute Gasteiger partial charge is 0.0931 e. The van der Waals surface area contributed by atoms with E-state index >= 15 is 0 Å². The Balaban J connectivity index is 0.832. The van der Waals surface area contributed by atoms with E-state index in [-0.39, 0.29) is 0 Å². The van der Waals surface area contributed by atoms with Gasteiger partial charge in [0.15, 0.2) is 0 Å². The number of fused-ring (bicyclic) bond motifs is 2. The van der Waals surface area contributed by atoms with Crippen LogP contribution in [0.5, 0.6) is 0 Å². The van der Waals surface area contributed by atoms with Gasteiger partial charge >= 0.3 is 0 Å². The van der Waals surface area contributed by atoms with Crippen LogP contribution in [0, 0.1) is 30.6 Å². The average molecular weight is 821 g/mol. The Bertz CT molecular complexity index is 2700. The molecule has 0 aliphatic carbocycles. The van der Waals surface area contributed by atoms with E-state index in [1.165, 1.54) is 38.5 Å². The van der Waals surface area contributed by atoms with E-state index in [2.05, 4.69) is 190 Å². The third kappa shape index (κ3) is 10.6. The van der Waals surface area contributed by atoms with Crippen molar-refractivity contribution in [2.45, 2.75) is 78.9 Å². The van der Waals surface area contributed by atoms with Crippen LogP contribution in [0.25, 0.3) is 21.8 Å². The molecular formula is C54H60N8. The molecule has 1 saturated heterocycles. The summed E-state index contributed by atoms with van der Waals surface area (Å²) in [5, 5.41) is 13.1. The highest BCUT2D eigenvalue weighted by Gasteiger charge is 2.24. The number of nitrogens with one attached hydrogen (secondary N) is 3. The number of pyridine rings is 1. The summed E-state index contributed by atoms with van der Waals surface area (Å²) in [6.07, 6.45) is 2.28. The number of piperidine rings is 1. The molecule has 0 radical (unpaired) electrons. The van der Waals surface area contributed by atoms with Crippen molar-refractivity contribution in [2.24, 2.45) is 0 Å². The van der Waals surface area contributed by atoms with Gasteiger partial charge in [0, 0.05) is 78.5 Å². The molecule has 8 heteroatoms. The second kappa shape index (κ2) is 20.5. The van der Waals surface area contributed by atoms with Gasteiger partial charge in [0.2, 0.25) is 0 Å². The van der Waals surface area contributed by atoms with Crippen molar-refractivity contribution in [3.05, 3.63) is 161 Å². The maximum Gasteiger partial charge on any atom is 0.0931 e. The zero-order valence-electron chi connectivity index (χ0n) is 36.8. The van der Waals surface area contributed by atoms with Gasteiger partial charge in [-0.05, 0) is 143 Å². The number of para-hydroxylation sites is 1. The van der Waals surface area contributed by atoms with Crippen molar-refractivity contribution in [3.8, 4) is 23.7 Å². The molecule has 0 unspecified atom stereocenters. The highest BCUT2D eigenvalue weighted by Crippen LogP contribution is 2.26. The zero-order valence-corrected chi connectivity index (χ0v) is 36.8. The number of anilines is 2. The van der Waals surface area contributed by atoms with Crippen LogP contribution in [-0.4, -0.2) is 63.2 Å². The summed E-state index contributed by atoms with van der Waals surface area (Å²) in [4.78, 5) is 10.1. The fraction of sp³-hybridized carbons (Fsp3) is 0.315. The summed E-state index contributed by atoms with van der Waals surface area (Å²) in [6.45, 7) is 15.0. The number of hydrogen-bond donors (Lipinski definition) is 3. The van der Waals surface area contributed by atoms with Crippen LogP contribution >= 0.6 is 0 Å². The largest absolute Gasteiger partial charge is 0.374 e. The van der Waals surface area contributed by atoms with Crippen molar-refractivity contribution in [3.63, 3.8) is 0 Å². The molecule has 3 aromatic heterocycles. The van der Waals surface area contributed by atoms with Crippen LogP contribution in [0.2, 0.25) is 0 Å². The highest BCUT2D eigenvalue weighted by molar-refractivity contribution is 5.84. The number of rotatable bonds is 15. The van der Waals surface area contributed by atoms with Crippen molar-refractivity contribution < 1.29 is 0 Å². The van der Waals surface area contributed by atoms with Gasteiger partial charge in [0.25, 0.3) is 0 Å². The number of likely N-dealkylation sites (tertiary alicyclic amines) is 1. The van der Waals surface area contributed by atoms with Gasteiger partial charge in [0.1, 0.15) is 0 Å². The second-order valence-corrected chi connectivity index (χ2v) is 16.5. The summed E-state index contributed by atoms with van der Waals surface area (Å²) in [5.74, 6) is 13.6. The predicted molar refractivity (Wildman–Crippen MR) is 258 cm³/mol. The molecule has 8 nitrogen and oxygen atoms in total. The Labute approximate surface area is 368 Å². The van der Waals surface area contributed by atoms with Crippen LogP contribution < -0.4 is 16.0 Å². The Morgan fingerprint density at radius 1 is 0.661 bits per heavy atom. The molecule has 1 aliphatic heterocycles. The molecule has 8 rings (SSSR count). The number of aromatic nitrogens is 3. The predicted octanol–water partition coefficient (Wildman–Crippen LogP) is 9.65. The minimum absolute atomic E-state index is 0.510. The molecule has 1 fully saturated rings. The summed E-state index contributed by atoms with van der Waals surface area (Å²) in [7, 11) is 2.26. The zero-order chi connectivity index (χ0) is 42.7. The molecule has 316 valence electrons. The standard InChI is InChI=1S/C54H60N8/c1-5-61-50(35-45-33-43(22-25-53(45)61)38-55-37-42-15-9-7-10-16-42)20-14-30-57-51-24-21-41(3)58-52(51)40-59(4)48-27-31-60(32-28-48)39-44-23-26-54-46(34-44)36-49(62(54)6-2)19-13-29-56-47-17-11-8-12-18-47/h7-12,15-18,21-26,33-36,48,55-57H,5-6,27-32,37-40H2,1-4H3. The molecule has 0 atom stereocenters. The van der Waals surface area contributed by atoms with Crippen LogP contribution in [0.1, 0.15) is 66.2 Å². The van der Waals surface area contributed by atoms with Gasteiger partial charge in [0.05, 0.1) is 35.9 Å². The molecule has 7 aromatic rings. The van der Waals surface area contributed by atoms with Crippen LogP contribution in [0.3, 0.4) is 0 Å². The Morgan fingerprint density at radius 2 is 1.26 bits per heavy atom. The van der Waals surface area contributed by atoms with Crippen molar-refractivity contribution >= 4 is 33.2 Å². The van der Waals surface area contributed by atoms with E-state index in [9.17, 15) is 0 Å². The van der Waals surface area contributed by atoms with Crippen molar-refractivity contribution in [1.29, 1.82) is 0 Å². The number of hydrogen-bond acceptors (Lipinski definition) is 6. The van der Waals surface area contributed by atoms with E-state index in [0.717, 1.165) is 99.4 Å². The fourth-order valence-electron chi connectivity index (χ4n) is 8.83. The maximum absolute atomic E-state index is 5.01. The lowest BCUT2D eigenvalue weighted by Gasteiger charge is -2.37. The highest BCUT2D eigenvalue weighted by atomic mass is 15.2. The van der Waals surface area contributed by atoms with Crippen molar-refractivity contribution in [2.75, 3.05) is 43.9 Å². The van der Waals surface area contributed by atoms with Gasteiger partial charge in [-0.25, -0.2) is 0 Å². The first kappa shape index (κ1) is 42.4. The van der Waals surface area contributed by atoms with E-state index in [1.807, 2.05) is 18.2 Å². The Hall–Kier alpha value is -6.29. The molecule has 0 amide bonds. The number of benzene rings is 4. The molecule has 62 heavy (non-hydrogen) atoms. The van der Waals surface area contributed by atoms with Gasteiger partial charge in [-0.1, -0.05) is 72.5 Å². The van der Waals surface area contributed by atoms with Gasteiger partial charge < -0.3 is 25.1 Å². The summed E-state index contributed by atoms with van der Waals surface area (Å²) >= 11 is 0. The first-order valence-electron chi connectivity index (χ1n) is 22.3.